The van der Waals surface area contributed by atoms with Gasteiger partial charge in [0.1, 0.15) is 17.3 Å². The van der Waals surface area contributed by atoms with E-state index in [0.29, 0.717) is 22.3 Å². The number of halogens is 1. The molecule has 0 radical (unpaired) electrons. The van der Waals surface area contributed by atoms with Gasteiger partial charge in [-0.2, -0.15) is 0 Å². The molecule has 2 aromatic carbocycles. The lowest BCUT2D eigenvalue weighted by Crippen LogP contribution is -2.15. The Bertz CT molecular complexity index is 999. The van der Waals surface area contributed by atoms with E-state index in [1.54, 1.807) is 12.1 Å². The summed E-state index contributed by atoms with van der Waals surface area (Å²) in [6.07, 6.45) is 2.95. The highest BCUT2D eigenvalue weighted by atomic mass is 35.5. The number of benzene rings is 2. The van der Waals surface area contributed by atoms with Gasteiger partial charge < -0.3 is 15.4 Å². The summed E-state index contributed by atoms with van der Waals surface area (Å²) in [5, 5.41) is 6.54. The van der Waals surface area contributed by atoms with Crippen molar-refractivity contribution in [1.82, 2.24) is 9.97 Å². The molecule has 0 atom stereocenters. The monoisotopic (exact) mass is 396 g/mol. The highest BCUT2D eigenvalue weighted by molar-refractivity contribution is 6.31. The van der Waals surface area contributed by atoms with Crippen LogP contribution in [-0.4, -0.2) is 23.0 Å². The highest BCUT2D eigenvalue weighted by Gasteiger charge is 2.13. The first-order chi connectivity index (χ1) is 13.4. The van der Waals surface area contributed by atoms with Gasteiger partial charge in [-0.15, -0.1) is 0 Å². The number of anilines is 3. The van der Waals surface area contributed by atoms with E-state index in [1.165, 1.54) is 19.5 Å². The number of ether oxygens (including phenoxy) is 1. The van der Waals surface area contributed by atoms with E-state index >= 15 is 0 Å². The Balaban J connectivity index is 1.74. The van der Waals surface area contributed by atoms with Crippen molar-refractivity contribution in [3.8, 4) is 5.75 Å². The summed E-state index contributed by atoms with van der Waals surface area (Å²) in [5.41, 5.74) is 4.77. The van der Waals surface area contributed by atoms with E-state index < -0.39 is 0 Å². The van der Waals surface area contributed by atoms with Gasteiger partial charge in [-0.25, -0.2) is 9.97 Å². The van der Waals surface area contributed by atoms with E-state index in [9.17, 15) is 4.79 Å². The van der Waals surface area contributed by atoms with Gasteiger partial charge in [-0.1, -0.05) is 17.7 Å². The van der Waals surface area contributed by atoms with Crippen LogP contribution in [-0.2, 0) is 0 Å². The standard InChI is InChI=1S/C21H21ClN4O2/c1-12-5-13(2)7-15(6-12)25-20-11-23-18(10-24-20)21(27)26-17-8-14(3)16(22)9-19(17)28-4/h5-11H,1-4H3,(H,24,25)(H,26,27). The number of amides is 1. The van der Waals surface area contributed by atoms with E-state index in [2.05, 4.69) is 26.7 Å². The lowest BCUT2D eigenvalue weighted by Gasteiger charge is -2.12. The van der Waals surface area contributed by atoms with Gasteiger partial charge in [0.25, 0.3) is 5.91 Å². The van der Waals surface area contributed by atoms with Gasteiger partial charge in [0.2, 0.25) is 0 Å². The minimum atomic E-state index is -0.384. The van der Waals surface area contributed by atoms with Crippen molar-refractivity contribution in [2.45, 2.75) is 20.8 Å². The number of aromatic nitrogens is 2. The van der Waals surface area contributed by atoms with E-state index in [1.807, 2.05) is 32.9 Å². The third-order valence-electron chi connectivity index (χ3n) is 4.11. The van der Waals surface area contributed by atoms with Crippen LogP contribution in [0.15, 0.2) is 42.7 Å². The molecule has 0 fully saturated rings. The molecule has 0 spiro atoms. The number of nitrogens with zero attached hydrogens (tertiary/aromatic N) is 2. The number of hydrogen-bond acceptors (Lipinski definition) is 5. The lowest BCUT2D eigenvalue weighted by molar-refractivity contribution is 0.102. The van der Waals surface area contributed by atoms with Crippen molar-refractivity contribution in [3.05, 3.63) is 70.1 Å². The molecule has 144 valence electrons. The molecular weight excluding hydrogens is 376 g/mol. The van der Waals surface area contributed by atoms with Crippen molar-refractivity contribution in [1.29, 1.82) is 0 Å². The van der Waals surface area contributed by atoms with Crippen LogP contribution in [0.3, 0.4) is 0 Å². The van der Waals surface area contributed by atoms with Gasteiger partial charge in [0.15, 0.2) is 0 Å². The molecule has 0 saturated carbocycles. The summed E-state index contributed by atoms with van der Waals surface area (Å²) in [6, 6.07) is 9.55. The third-order valence-corrected chi connectivity index (χ3v) is 4.51. The van der Waals surface area contributed by atoms with Gasteiger partial charge in [0.05, 0.1) is 25.2 Å². The Morgan fingerprint density at radius 2 is 1.71 bits per heavy atom. The molecular formula is C21H21ClN4O2. The zero-order chi connectivity index (χ0) is 20.3. The number of aryl methyl sites for hydroxylation is 3. The first-order valence-corrected chi connectivity index (χ1v) is 9.06. The fourth-order valence-corrected chi connectivity index (χ4v) is 2.97. The molecule has 0 aliphatic rings. The SMILES string of the molecule is COc1cc(Cl)c(C)cc1NC(=O)c1cnc(Nc2cc(C)cc(C)c2)cn1. The van der Waals surface area contributed by atoms with Crippen LogP contribution in [0.5, 0.6) is 5.75 Å². The summed E-state index contributed by atoms with van der Waals surface area (Å²) in [6.45, 7) is 5.92. The number of rotatable bonds is 5. The number of carbonyl (C=O) groups is 1. The predicted octanol–water partition coefficient (Wildman–Crippen LogP) is 5.06. The average molecular weight is 397 g/mol. The van der Waals surface area contributed by atoms with Crippen molar-refractivity contribution in [3.63, 3.8) is 0 Å². The zero-order valence-corrected chi connectivity index (χ0v) is 16.9. The van der Waals surface area contributed by atoms with Crippen molar-refractivity contribution < 1.29 is 9.53 Å². The number of carbonyl (C=O) groups excluding carboxylic acids is 1. The molecule has 3 aromatic rings. The van der Waals surface area contributed by atoms with Crippen LogP contribution in [0, 0.1) is 20.8 Å². The zero-order valence-electron chi connectivity index (χ0n) is 16.1. The van der Waals surface area contributed by atoms with E-state index in [-0.39, 0.29) is 11.6 Å². The Labute approximate surface area is 168 Å². The predicted molar refractivity (Wildman–Crippen MR) is 112 cm³/mol. The molecule has 0 bridgehead atoms. The minimum Gasteiger partial charge on any atom is -0.495 e. The molecule has 0 aliphatic heterocycles. The van der Waals surface area contributed by atoms with E-state index in [0.717, 1.165) is 22.4 Å². The largest absolute Gasteiger partial charge is 0.495 e. The van der Waals surface area contributed by atoms with Crippen LogP contribution >= 0.6 is 11.6 Å². The molecule has 6 nitrogen and oxygen atoms in total. The van der Waals surface area contributed by atoms with E-state index in [4.69, 9.17) is 16.3 Å². The first kappa shape index (κ1) is 19.6. The van der Waals surface area contributed by atoms with Crippen LogP contribution < -0.4 is 15.4 Å². The summed E-state index contributed by atoms with van der Waals surface area (Å²) in [7, 11) is 1.52. The number of methoxy groups -OCH3 is 1. The minimum absolute atomic E-state index is 0.195. The molecule has 0 aliphatic carbocycles. The Morgan fingerprint density at radius 1 is 1.00 bits per heavy atom. The topological polar surface area (TPSA) is 76.1 Å². The Kier molecular flexibility index (Phi) is 5.80. The summed E-state index contributed by atoms with van der Waals surface area (Å²) >= 11 is 6.10. The van der Waals surface area contributed by atoms with Crippen LogP contribution in [0.25, 0.3) is 0 Å². The normalized spacial score (nSPS) is 10.5. The molecule has 0 saturated heterocycles. The molecule has 1 aromatic heterocycles. The Hall–Kier alpha value is -3.12. The second-order valence-corrected chi connectivity index (χ2v) is 6.95. The quantitative estimate of drug-likeness (QED) is 0.630. The maximum atomic E-state index is 12.5. The van der Waals surface area contributed by atoms with Gasteiger partial charge in [-0.05, 0) is 55.7 Å². The molecule has 28 heavy (non-hydrogen) atoms. The molecule has 3 rings (SSSR count). The first-order valence-electron chi connectivity index (χ1n) is 8.68. The van der Waals surface area contributed by atoms with Crippen molar-refractivity contribution in [2.75, 3.05) is 17.7 Å². The molecule has 1 heterocycles. The summed E-state index contributed by atoms with van der Waals surface area (Å²) in [5.74, 6) is 0.650. The van der Waals surface area contributed by atoms with Crippen molar-refractivity contribution in [2.24, 2.45) is 0 Å². The van der Waals surface area contributed by atoms with Crippen LogP contribution in [0.2, 0.25) is 5.02 Å². The van der Waals surface area contributed by atoms with Crippen LogP contribution in [0.1, 0.15) is 27.2 Å². The maximum absolute atomic E-state index is 12.5. The summed E-state index contributed by atoms with van der Waals surface area (Å²) in [4.78, 5) is 21.0. The van der Waals surface area contributed by atoms with Gasteiger partial charge >= 0.3 is 0 Å². The maximum Gasteiger partial charge on any atom is 0.275 e. The molecule has 2 N–H and O–H groups in total. The van der Waals surface area contributed by atoms with Gasteiger partial charge in [0, 0.05) is 16.8 Å². The number of hydrogen-bond donors (Lipinski definition) is 2. The Morgan fingerprint density at radius 3 is 2.32 bits per heavy atom. The fourth-order valence-electron chi connectivity index (χ4n) is 2.82. The molecule has 1 amide bonds. The average Bonchev–Trinajstić information content (AvgIpc) is 2.64. The van der Waals surface area contributed by atoms with Crippen LogP contribution in [0.4, 0.5) is 17.2 Å². The second-order valence-electron chi connectivity index (χ2n) is 6.54. The lowest BCUT2D eigenvalue weighted by atomic mass is 10.1. The third kappa shape index (κ3) is 4.58. The van der Waals surface area contributed by atoms with Crippen molar-refractivity contribution >= 4 is 34.7 Å². The second kappa shape index (κ2) is 8.27. The highest BCUT2D eigenvalue weighted by Crippen LogP contribution is 2.31. The smallest absolute Gasteiger partial charge is 0.275 e. The number of nitrogens with one attached hydrogen (secondary N) is 2. The fraction of sp³-hybridized carbons (Fsp3) is 0.190. The van der Waals surface area contributed by atoms with Gasteiger partial charge in [-0.3, -0.25) is 4.79 Å². The molecule has 0 unspecified atom stereocenters. The molecule has 7 heteroatoms. The summed E-state index contributed by atoms with van der Waals surface area (Å²) < 4.78 is 5.28.